The molecule has 166 valence electrons. The monoisotopic (exact) mass is 425 g/mol. The maximum Gasteiger partial charge on any atom is 0.242 e. The predicted molar refractivity (Wildman–Crippen MR) is 120 cm³/mol. The lowest BCUT2D eigenvalue weighted by Crippen LogP contribution is -2.52. The minimum absolute atomic E-state index is 0.0293. The van der Waals surface area contributed by atoms with Gasteiger partial charge in [0.05, 0.1) is 18.8 Å². The third-order valence-corrected chi connectivity index (χ3v) is 5.50. The van der Waals surface area contributed by atoms with Gasteiger partial charge in [-0.3, -0.25) is 9.59 Å². The van der Waals surface area contributed by atoms with Gasteiger partial charge < -0.3 is 19.4 Å². The van der Waals surface area contributed by atoms with E-state index in [0.717, 1.165) is 17.1 Å². The van der Waals surface area contributed by atoms with Crippen LogP contribution in [0.4, 0.5) is 5.82 Å². The number of carbonyl (C=O) groups excluding carboxylic acids is 2. The van der Waals surface area contributed by atoms with E-state index < -0.39 is 0 Å². The van der Waals surface area contributed by atoms with Crippen LogP contribution in [0.2, 0.25) is 0 Å². The van der Waals surface area contributed by atoms with Gasteiger partial charge in [-0.05, 0) is 19.1 Å². The molecule has 0 atom stereocenters. The summed E-state index contributed by atoms with van der Waals surface area (Å²) in [5, 5.41) is 8.77. The summed E-state index contributed by atoms with van der Waals surface area (Å²) in [4.78, 5) is 30.3. The summed E-state index contributed by atoms with van der Waals surface area (Å²) in [7, 11) is 1.59. The first kappa shape index (κ1) is 22.7. The molecular weight excluding hydrogens is 394 g/mol. The third-order valence-electron chi connectivity index (χ3n) is 5.50. The van der Waals surface area contributed by atoms with Gasteiger partial charge in [0.25, 0.3) is 0 Å². The number of nitrogens with zero attached hydrogens (tertiary/aromatic N) is 5. The molecule has 1 fully saturated rings. The van der Waals surface area contributed by atoms with Crippen molar-refractivity contribution < 1.29 is 14.3 Å². The Hall–Kier alpha value is -3.00. The number of methoxy groups -OCH3 is 1. The van der Waals surface area contributed by atoms with Crippen molar-refractivity contribution in [3.05, 3.63) is 42.0 Å². The van der Waals surface area contributed by atoms with Gasteiger partial charge in [-0.15, -0.1) is 10.2 Å². The highest BCUT2D eigenvalue weighted by molar-refractivity contribution is 5.85. The maximum atomic E-state index is 12.7. The van der Waals surface area contributed by atoms with Crippen molar-refractivity contribution in [1.82, 2.24) is 20.0 Å². The number of anilines is 1. The third kappa shape index (κ3) is 6.01. The van der Waals surface area contributed by atoms with Gasteiger partial charge in [0.1, 0.15) is 0 Å². The van der Waals surface area contributed by atoms with E-state index in [2.05, 4.69) is 34.2 Å². The Bertz CT molecular complexity index is 862. The number of piperazine rings is 1. The van der Waals surface area contributed by atoms with Crippen molar-refractivity contribution in [2.75, 3.05) is 57.9 Å². The predicted octanol–water partition coefficient (Wildman–Crippen LogP) is 1.99. The van der Waals surface area contributed by atoms with Crippen molar-refractivity contribution in [3.8, 4) is 11.3 Å². The van der Waals surface area contributed by atoms with Gasteiger partial charge in [0.15, 0.2) is 5.82 Å². The van der Waals surface area contributed by atoms with Gasteiger partial charge in [-0.2, -0.15) is 0 Å². The normalized spacial score (nSPS) is 13.9. The van der Waals surface area contributed by atoms with Crippen LogP contribution in [-0.2, 0) is 14.3 Å². The molecule has 2 aromatic rings. The van der Waals surface area contributed by atoms with Crippen LogP contribution < -0.4 is 4.90 Å². The smallest absolute Gasteiger partial charge is 0.242 e. The highest BCUT2D eigenvalue weighted by Crippen LogP contribution is 2.20. The number of ether oxygens (including phenoxy) is 1. The largest absolute Gasteiger partial charge is 0.383 e. The molecule has 2 heterocycles. The maximum absolute atomic E-state index is 12.7. The number of benzene rings is 1. The fourth-order valence-electron chi connectivity index (χ4n) is 3.54. The minimum Gasteiger partial charge on any atom is -0.383 e. The second-order valence-electron chi connectivity index (χ2n) is 7.67. The van der Waals surface area contributed by atoms with Crippen LogP contribution in [0.3, 0.4) is 0 Å². The van der Waals surface area contributed by atoms with E-state index in [1.807, 2.05) is 29.2 Å². The molecule has 0 aliphatic carbocycles. The quantitative estimate of drug-likeness (QED) is 0.644. The second-order valence-corrected chi connectivity index (χ2v) is 7.67. The summed E-state index contributed by atoms with van der Waals surface area (Å²) in [6.45, 7) is 7.37. The van der Waals surface area contributed by atoms with Crippen LogP contribution in [0.25, 0.3) is 11.3 Å². The SMILES string of the molecule is CCC(=O)N(CCOC)CC(=O)N1CCN(c2ccc(-c3ccc(C)cc3)nn2)CC1. The first-order valence-electron chi connectivity index (χ1n) is 10.7. The number of rotatable bonds is 8. The number of aryl methyl sites for hydroxylation is 1. The van der Waals surface area contributed by atoms with E-state index in [-0.39, 0.29) is 18.4 Å². The van der Waals surface area contributed by atoms with E-state index in [9.17, 15) is 9.59 Å². The molecule has 0 radical (unpaired) electrons. The van der Waals surface area contributed by atoms with E-state index in [1.54, 1.807) is 18.9 Å². The Morgan fingerprint density at radius 2 is 1.74 bits per heavy atom. The van der Waals surface area contributed by atoms with Gasteiger partial charge in [-0.25, -0.2) is 0 Å². The van der Waals surface area contributed by atoms with Crippen molar-refractivity contribution >= 4 is 17.6 Å². The lowest BCUT2D eigenvalue weighted by Gasteiger charge is -2.36. The van der Waals surface area contributed by atoms with Crippen molar-refractivity contribution in [2.24, 2.45) is 0 Å². The summed E-state index contributed by atoms with van der Waals surface area (Å²) in [6, 6.07) is 12.2. The van der Waals surface area contributed by atoms with Crippen LogP contribution in [-0.4, -0.2) is 84.8 Å². The molecule has 2 amide bonds. The molecule has 3 rings (SSSR count). The summed E-state index contributed by atoms with van der Waals surface area (Å²) in [5.74, 6) is 0.747. The number of amides is 2. The molecule has 1 aliphatic heterocycles. The molecule has 1 aromatic carbocycles. The zero-order valence-corrected chi connectivity index (χ0v) is 18.6. The van der Waals surface area contributed by atoms with E-state index in [0.29, 0.717) is 45.8 Å². The molecule has 0 bridgehead atoms. The summed E-state index contributed by atoms with van der Waals surface area (Å²) < 4.78 is 5.06. The molecule has 1 aromatic heterocycles. The fourth-order valence-corrected chi connectivity index (χ4v) is 3.54. The average Bonchev–Trinajstić information content (AvgIpc) is 2.82. The fraction of sp³-hybridized carbons (Fsp3) is 0.478. The zero-order chi connectivity index (χ0) is 22.2. The number of aromatic nitrogens is 2. The summed E-state index contributed by atoms with van der Waals surface area (Å²) >= 11 is 0. The van der Waals surface area contributed by atoms with Gasteiger partial charge >= 0.3 is 0 Å². The molecule has 1 aliphatic rings. The first-order chi connectivity index (χ1) is 15.0. The van der Waals surface area contributed by atoms with Gasteiger partial charge in [0.2, 0.25) is 11.8 Å². The van der Waals surface area contributed by atoms with E-state index in [1.165, 1.54) is 5.56 Å². The number of hydrogen-bond acceptors (Lipinski definition) is 6. The van der Waals surface area contributed by atoms with Crippen molar-refractivity contribution in [3.63, 3.8) is 0 Å². The topological polar surface area (TPSA) is 78.9 Å². The molecule has 0 N–H and O–H groups in total. The average molecular weight is 426 g/mol. The van der Waals surface area contributed by atoms with Gasteiger partial charge in [0, 0.05) is 51.8 Å². The van der Waals surface area contributed by atoms with Crippen LogP contribution in [0.1, 0.15) is 18.9 Å². The zero-order valence-electron chi connectivity index (χ0n) is 18.6. The Balaban J connectivity index is 1.54. The van der Waals surface area contributed by atoms with Crippen LogP contribution >= 0.6 is 0 Å². The number of carbonyl (C=O) groups is 2. The van der Waals surface area contributed by atoms with Crippen molar-refractivity contribution in [1.29, 1.82) is 0 Å². The molecule has 31 heavy (non-hydrogen) atoms. The lowest BCUT2D eigenvalue weighted by molar-refractivity contribution is -0.141. The first-order valence-corrected chi connectivity index (χ1v) is 10.7. The number of hydrogen-bond donors (Lipinski definition) is 0. The molecule has 0 unspecified atom stereocenters. The highest BCUT2D eigenvalue weighted by Gasteiger charge is 2.25. The Kier molecular flexibility index (Phi) is 7.94. The Morgan fingerprint density at radius 1 is 1.03 bits per heavy atom. The second kappa shape index (κ2) is 10.9. The van der Waals surface area contributed by atoms with Crippen LogP contribution in [0.15, 0.2) is 36.4 Å². The Morgan fingerprint density at radius 3 is 2.32 bits per heavy atom. The molecule has 8 nitrogen and oxygen atoms in total. The standard InChI is InChI=1S/C23H31N5O3/c1-4-22(29)28(15-16-31-3)17-23(30)27-13-11-26(12-14-27)21-10-9-20(24-25-21)19-7-5-18(2)6-8-19/h5-10H,4,11-17H2,1-3H3. The van der Waals surface area contributed by atoms with E-state index in [4.69, 9.17) is 4.74 Å². The summed E-state index contributed by atoms with van der Waals surface area (Å²) in [5.41, 5.74) is 3.09. The van der Waals surface area contributed by atoms with Crippen LogP contribution in [0, 0.1) is 6.92 Å². The molecule has 8 heteroatoms. The minimum atomic E-state index is -0.0343. The Labute approximate surface area is 183 Å². The van der Waals surface area contributed by atoms with Crippen LogP contribution in [0.5, 0.6) is 0 Å². The molecule has 1 saturated heterocycles. The highest BCUT2D eigenvalue weighted by atomic mass is 16.5. The molecule has 0 saturated carbocycles. The molecular formula is C23H31N5O3. The van der Waals surface area contributed by atoms with Crippen molar-refractivity contribution in [2.45, 2.75) is 20.3 Å². The molecule has 0 spiro atoms. The summed E-state index contributed by atoms with van der Waals surface area (Å²) in [6.07, 6.45) is 0.377. The lowest BCUT2D eigenvalue weighted by atomic mass is 10.1. The van der Waals surface area contributed by atoms with Gasteiger partial charge in [-0.1, -0.05) is 36.8 Å². The van der Waals surface area contributed by atoms with E-state index >= 15 is 0 Å².